The van der Waals surface area contributed by atoms with Crippen LogP contribution in [0, 0.1) is 5.82 Å². The van der Waals surface area contributed by atoms with E-state index >= 15 is 0 Å². The first kappa shape index (κ1) is 15.9. The number of hydrogen-bond acceptors (Lipinski definition) is 4. The average Bonchev–Trinajstić information content (AvgIpc) is 2.91. The van der Waals surface area contributed by atoms with Gasteiger partial charge in [0, 0.05) is 17.2 Å². The standard InChI is InChI=1S/C14H18BrFN4O/c1-2-5-17-9-12-10-20(19-18-12)6-7-21-14-8-11(15)3-4-13(14)16/h3-4,8,10,17H,2,5-7,9H2,1H3. The minimum atomic E-state index is -0.374. The maximum Gasteiger partial charge on any atom is 0.165 e. The molecule has 1 aromatic heterocycles. The van der Waals surface area contributed by atoms with E-state index in [9.17, 15) is 4.39 Å². The number of aromatic nitrogens is 3. The molecule has 0 aliphatic heterocycles. The van der Waals surface area contributed by atoms with Gasteiger partial charge in [-0.2, -0.15) is 0 Å². The van der Waals surface area contributed by atoms with Crippen LogP contribution in [0.15, 0.2) is 28.9 Å². The van der Waals surface area contributed by atoms with Crippen molar-refractivity contribution in [2.75, 3.05) is 13.2 Å². The minimum Gasteiger partial charge on any atom is -0.489 e. The van der Waals surface area contributed by atoms with Crippen LogP contribution in [0.1, 0.15) is 19.0 Å². The highest BCUT2D eigenvalue weighted by Gasteiger charge is 2.05. The number of halogens is 2. The Morgan fingerprint density at radius 2 is 2.29 bits per heavy atom. The molecule has 5 nitrogen and oxygen atoms in total. The Balaban J connectivity index is 1.79. The molecule has 0 fully saturated rings. The van der Waals surface area contributed by atoms with Crippen LogP contribution in [0.3, 0.4) is 0 Å². The van der Waals surface area contributed by atoms with Crippen LogP contribution < -0.4 is 10.1 Å². The minimum absolute atomic E-state index is 0.231. The first-order chi connectivity index (χ1) is 10.2. The van der Waals surface area contributed by atoms with Crippen molar-refractivity contribution in [2.24, 2.45) is 0 Å². The second-order valence-corrected chi connectivity index (χ2v) is 5.49. The molecule has 1 heterocycles. The highest BCUT2D eigenvalue weighted by atomic mass is 79.9. The van der Waals surface area contributed by atoms with Gasteiger partial charge < -0.3 is 10.1 Å². The maximum atomic E-state index is 13.5. The van der Waals surface area contributed by atoms with Crippen molar-refractivity contribution in [1.29, 1.82) is 0 Å². The zero-order chi connectivity index (χ0) is 15.1. The lowest BCUT2D eigenvalue weighted by Crippen LogP contribution is -2.14. The van der Waals surface area contributed by atoms with E-state index in [4.69, 9.17) is 4.74 Å². The van der Waals surface area contributed by atoms with E-state index in [1.807, 2.05) is 6.20 Å². The smallest absolute Gasteiger partial charge is 0.165 e. The second-order valence-electron chi connectivity index (χ2n) is 4.57. The molecular formula is C14H18BrFN4O. The van der Waals surface area contributed by atoms with Crippen LogP contribution in [-0.2, 0) is 13.1 Å². The predicted octanol–water partition coefficient (Wildman–Crippen LogP) is 2.76. The first-order valence-electron chi connectivity index (χ1n) is 6.86. The number of ether oxygens (including phenoxy) is 1. The summed E-state index contributed by atoms with van der Waals surface area (Å²) in [4.78, 5) is 0. The van der Waals surface area contributed by atoms with Crippen molar-refractivity contribution in [3.05, 3.63) is 40.4 Å². The molecule has 7 heteroatoms. The van der Waals surface area contributed by atoms with Crippen molar-refractivity contribution >= 4 is 15.9 Å². The SMILES string of the molecule is CCCNCc1cn(CCOc2cc(Br)ccc2F)nn1. The van der Waals surface area contributed by atoms with Crippen LogP contribution in [0.25, 0.3) is 0 Å². The van der Waals surface area contributed by atoms with Gasteiger partial charge >= 0.3 is 0 Å². The highest BCUT2D eigenvalue weighted by Crippen LogP contribution is 2.22. The summed E-state index contributed by atoms with van der Waals surface area (Å²) in [5, 5.41) is 11.3. The van der Waals surface area contributed by atoms with Gasteiger partial charge in [0.1, 0.15) is 6.61 Å². The van der Waals surface area contributed by atoms with E-state index in [2.05, 4.69) is 38.5 Å². The van der Waals surface area contributed by atoms with Gasteiger partial charge in [0.15, 0.2) is 11.6 Å². The molecule has 21 heavy (non-hydrogen) atoms. The molecule has 1 N–H and O–H groups in total. The molecule has 2 rings (SSSR count). The molecule has 0 amide bonds. The van der Waals surface area contributed by atoms with E-state index < -0.39 is 0 Å². The topological polar surface area (TPSA) is 52.0 Å². The van der Waals surface area contributed by atoms with Crippen molar-refractivity contribution in [3.63, 3.8) is 0 Å². The molecular weight excluding hydrogens is 339 g/mol. The monoisotopic (exact) mass is 356 g/mol. The molecule has 0 saturated carbocycles. The summed E-state index contributed by atoms with van der Waals surface area (Å²) in [6.45, 7) is 4.63. The Morgan fingerprint density at radius 1 is 1.43 bits per heavy atom. The largest absolute Gasteiger partial charge is 0.489 e. The lowest BCUT2D eigenvalue weighted by atomic mass is 10.3. The summed E-state index contributed by atoms with van der Waals surface area (Å²) >= 11 is 3.29. The molecule has 0 radical (unpaired) electrons. The van der Waals surface area contributed by atoms with Crippen molar-refractivity contribution in [3.8, 4) is 5.75 Å². The van der Waals surface area contributed by atoms with E-state index in [1.165, 1.54) is 6.07 Å². The van der Waals surface area contributed by atoms with Crippen molar-refractivity contribution < 1.29 is 9.13 Å². The summed E-state index contributed by atoms with van der Waals surface area (Å²) in [6.07, 6.45) is 2.95. The average molecular weight is 357 g/mol. The van der Waals surface area contributed by atoms with Crippen molar-refractivity contribution in [2.45, 2.75) is 26.4 Å². The second kappa shape index (κ2) is 8.09. The maximum absolute atomic E-state index is 13.5. The van der Waals surface area contributed by atoms with Gasteiger partial charge in [-0.3, -0.25) is 0 Å². The van der Waals surface area contributed by atoms with E-state index in [0.29, 0.717) is 19.7 Å². The number of rotatable bonds is 8. The van der Waals surface area contributed by atoms with Gasteiger partial charge in [-0.25, -0.2) is 9.07 Å². The zero-order valence-corrected chi connectivity index (χ0v) is 13.4. The molecule has 2 aromatic rings. The molecule has 0 saturated heterocycles. The number of hydrogen-bond donors (Lipinski definition) is 1. The Bertz CT molecular complexity index is 576. The molecule has 0 aliphatic rings. The fraction of sp³-hybridized carbons (Fsp3) is 0.429. The van der Waals surface area contributed by atoms with Crippen molar-refractivity contribution in [1.82, 2.24) is 20.3 Å². The van der Waals surface area contributed by atoms with Gasteiger partial charge in [-0.05, 0) is 31.2 Å². The number of benzene rings is 1. The number of nitrogens with one attached hydrogen (secondary N) is 1. The van der Waals surface area contributed by atoms with Gasteiger partial charge in [-0.15, -0.1) is 5.10 Å². The van der Waals surface area contributed by atoms with Gasteiger partial charge in [0.2, 0.25) is 0 Å². The fourth-order valence-corrected chi connectivity index (χ4v) is 2.10. The Hall–Kier alpha value is -1.47. The highest BCUT2D eigenvalue weighted by molar-refractivity contribution is 9.10. The van der Waals surface area contributed by atoms with Crippen LogP contribution in [-0.4, -0.2) is 28.1 Å². The van der Waals surface area contributed by atoms with E-state index in [1.54, 1.807) is 16.8 Å². The Labute approximate surface area is 131 Å². The lowest BCUT2D eigenvalue weighted by Gasteiger charge is -2.07. The fourth-order valence-electron chi connectivity index (χ4n) is 1.76. The van der Waals surface area contributed by atoms with Gasteiger partial charge in [0.05, 0.1) is 12.2 Å². The van der Waals surface area contributed by atoms with Gasteiger partial charge in [0.25, 0.3) is 0 Å². The third kappa shape index (κ3) is 5.09. The normalized spacial score (nSPS) is 10.8. The molecule has 0 spiro atoms. The Morgan fingerprint density at radius 3 is 3.10 bits per heavy atom. The quantitative estimate of drug-likeness (QED) is 0.739. The lowest BCUT2D eigenvalue weighted by molar-refractivity contribution is 0.276. The van der Waals surface area contributed by atoms with Crippen LogP contribution in [0.2, 0.25) is 0 Å². The molecule has 0 aliphatic carbocycles. The summed E-state index contributed by atoms with van der Waals surface area (Å²) in [5.41, 5.74) is 0.886. The first-order valence-corrected chi connectivity index (χ1v) is 7.66. The third-order valence-corrected chi connectivity index (χ3v) is 3.28. The summed E-state index contributed by atoms with van der Waals surface area (Å²) in [6, 6.07) is 4.61. The molecule has 0 atom stereocenters. The summed E-state index contributed by atoms with van der Waals surface area (Å²) in [7, 11) is 0. The third-order valence-electron chi connectivity index (χ3n) is 2.79. The van der Waals surface area contributed by atoms with E-state index in [-0.39, 0.29) is 11.6 Å². The number of nitrogens with zero attached hydrogens (tertiary/aromatic N) is 3. The zero-order valence-electron chi connectivity index (χ0n) is 11.9. The summed E-state index contributed by atoms with van der Waals surface area (Å²) < 4.78 is 21.4. The van der Waals surface area contributed by atoms with Crippen LogP contribution in [0.4, 0.5) is 4.39 Å². The summed E-state index contributed by atoms with van der Waals surface area (Å²) in [5.74, 6) is -0.143. The molecule has 0 bridgehead atoms. The van der Waals surface area contributed by atoms with Gasteiger partial charge in [-0.1, -0.05) is 28.1 Å². The van der Waals surface area contributed by atoms with Crippen LogP contribution in [0.5, 0.6) is 5.75 Å². The molecule has 114 valence electrons. The predicted molar refractivity (Wildman–Crippen MR) is 81.6 cm³/mol. The van der Waals surface area contributed by atoms with Crippen LogP contribution >= 0.6 is 15.9 Å². The molecule has 1 aromatic carbocycles. The Kier molecular flexibility index (Phi) is 6.13. The molecule has 0 unspecified atom stereocenters. The van der Waals surface area contributed by atoms with E-state index in [0.717, 1.165) is 23.1 Å².